The zero-order valence-electron chi connectivity index (χ0n) is 14.7. The second-order valence-corrected chi connectivity index (χ2v) is 6.47. The third kappa shape index (κ3) is 4.98. The molecule has 0 aromatic heterocycles. The Bertz CT molecular complexity index is 555. The van der Waals surface area contributed by atoms with Crippen LogP contribution >= 0.6 is 0 Å². The van der Waals surface area contributed by atoms with E-state index in [1.165, 1.54) is 6.42 Å². The molecule has 1 saturated carbocycles. The number of benzene rings is 1. The fourth-order valence-electron chi connectivity index (χ4n) is 3.10. The summed E-state index contributed by atoms with van der Waals surface area (Å²) in [6.07, 6.45) is 3.33. The van der Waals surface area contributed by atoms with Gasteiger partial charge in [0.05, 0.1) is 12.2 Å². The van der Waals surface area contributed by atoms with Crippen molar-refractivity contribution in [3.63, 3.8) is 0 Å². The van der Waals surface area contributed by atoms with Crippen molar-refractivity contribution in [1.29, 1.82) is 0 Å². The van der Waals surface area contributed by atoms with E-state index in [-0.39, 0.29) is 18.6 Å². The Balaban J connectivity index is 1.79. The highest BCUT2D eigenvalue weighted by Gasteiger charge is 2.28. The van der Waals surface area contributed by atoms with E-state index in [1.807, 2.05) is 6.92 Å². The van der Waals surface area contributed by atoms with Crippen LogP contribution in [0.25, 0.3) is 0 Å². The van der Waals surface area contributed by atoms with Crippen LogP contribution in [-0.4, -0.2) is 31.1 Å². The quantitative estimate of drug-likeness (QED) is 0.812. The third-order valence-corrected chi connectivity index (χ3v) is 4.79. The van der Waals surface area contributed by atoms with Crippen molar-refractivity contribution in [3.8, 4) is 5.75 Å². The highest BCUT2D eigenvalue weighted by Crippen LogP contribution is 2.29. The Hall–Kier alpha value is -2.04. The van der Waals surface area contributed by atoms with E-state index in [4.69, 9.17) is 9.47 Å². The van der Waals surface area contributed by atoms with Crippen molar-refractivity contribution in [2.75, 3.05) is 13.2 Å². The van der Waals surface area contributed by atoms with Crippen LogP contribution in [0.1, 0.15) is 50.4 Å². The second kappa shape index (κ2) is 8.71. The van der Waals surface area contributed by atoms with Gasteiger partial charge in [0.15, 0.2) is 6.61 Å². The number of carbonyl (C=O) groups excluding carboxylic acids is 2. The van der Waals surface area contributed by atoms with Gasteiger partial charge in [0.2, 0.25) is 0 Å². The first-order chi connectivity index (χ1) is 11.5. The van der Waals surface area contributed by atoms with Crippen LogP contribution < -0.4 is 10.1 Å². The molecular weight excluding hydrogens is 306 g/mol. The average Bonchev–Trinajstić information content (AvgIpc) is 2.58. The second-order valence-electron chi connectivity index (χ2n) is 6.47. The number of esters is 1. The molecular formula is C19H27NO4. The van der Waals surface area contributed by atoms with E-state index in [0.717, 1.165) is 12.8 Å². The normalized spacial score (nSPS) is 23.4. The molecule has 24 heavy (non-hydrogen) atoms. The van der Waals surface area contributed by atoms with E-state index in [1.54, 1.807) is 24.3 Å². The predicted octanol–water partition coefficient (Wildman–Crippen LogP) is 3.18. The number of hydrogen-bond acceptors (Lipinski definition) is 4. The molecule has 0 aliphatic heterocycles. The molecule has 132 valence electrons. The summed E-state index contributed by atoms with van der Waals surface area (Å²) >= 11 is 0. The Morgan fingerprint density at radius 2 is 1.88 bits per heavy atom. The largest absolute Gasteiger partial charge is 0.494 e. The maximum atomic E-state index is 12.0. The number of amides is 1. The van der Waals surface area contributed by atoms with Crippen molar-refractivity contribution in [1.82, 2.24) is 5.32 Å². The van der Waals surface area contributed by atoms with Gasteiger partial charge < -0.3 is 14.8 Å². The van der Waals surface area contributed by atoms with Gasteiger partial charge >= 0.3 is 5.97 Å². The van der Waals surface area contributed by atoms with E-state index in [9.17, 15) is 9.59 Å². The summed E-state index contributed by atoms with van der Waals surface area (Å²) in [6, 6.07) is 6.87. The minimum atomic E-state index is -0.502. The van der Waals surface area contributed by atoms with Crippen LogP contribution in [0.2, 0.25) is 0 Å². The van der Waals surface area contributed by atoms with Gasteiger partial charge in [-0.25, -0.2) is 4.79 Å². The number of carbonyl (C=O) groups is 2. The first-order valence-electron chi connectivity index (χ1n) is 8.70. The summed E-state index contributed by atoms with van der Waals surface area (Å²) in [6.45, 7) is 6.61. The van der Waals surface area contributed by atoms with E-state index >= 15 is 0 Å². The lowest BCUT2D eigenvalue weighted by Gasteiger charge is -2.34. The molecule has 1 aliphatic rings. The Morgan fingerprint density at radius 3 is 2.54 bits per heavy atom. The molecule has 1 fully saturated rings. The Kier molecular flexibility index (Phi) is 6.64. The van der Waals surface area contributed by atoms with Gasteiger partial charge in [0, 0.05) is 6.04 Å². The Labute approximate surface area is 143 Å². The van der Waals surface area contributed by atoms with Gasteiger partial charge in [-0.3, -0.25) is 4.79 Å². The molecule has 5 heteroatoms. The summed E-state index contributed by atoms with van der Waals surface area (Å²) < 4.78 is 10.4. The van der Waals surface area contributed by atoms with Gasteiger partial charge in [0.25, 0.3) is 5.91 Å². The summed E-state index contributed by atoms with van der Waals surface area (Å²) in [5.41, 5.74) is 0.408. The Morgan fingerprint density at radius 1 is 1.17 bits per heavy atom. The SMILES string of the molecule is CCOc1ccc(C(=O)OCC(=O)NC2CCCC(C)C2C)cc1. The number of ether oxygens (including phenoxy) is 2. The fourth-order valence-corrected chi connectivity index (χ4v) is 3.10. The molecule has 0 bridgehead atoms. The lowest BCUT2D eigenvalue weighted by molar-refractivity contribution is -0.125. The zero-order chi connectivity index (χ0) is 17.5. The summed E-state index contributed by atoms with van der Waals surface area (Å²) in [7, 11) is 0. The topological polar surface area (TPSA) is 64.6 Å². The van der Waals surface area contributed by atoms with Crippen molar-refractivity contribution < 1.29 is 19.1 Å². The predicted molar refractivity (Wildman–Crippen MR) is 92.0 cm³/mol. The molecule has 0 radical (unpaired) electrons. The first kappa shape index (κ1) is 18.3. The minimum Gasteiger partial charge on any atom is -0.494 e. The number of hydrogen-bond donors (Lipinski definition) is 1. The van der Waals surface area contributed by atoms with E-state index in [0.29, 0.717) is 29.8 Å². The molecule has 1 aromatic carbocycles. The minimum absolute atomic E-state index is 0.172. The fraction of sp³-hybridized carbons (Fsp3) is 0.579. The van der Waals surface area contributed by atoms with Crippen LogP contribution in [-0.2, 0) is 9.53 Å². The smallest absolute Gasteiger partial charge is 0.338 e. The maximum Gasteiger partial charge on any atom is 0.338 e. The van der Waals surface area contributed by atoms with Gasteiger partial charge in [-0.15, -0.1) is 0 Å². The molecule has 1 aromatic rings. The van der Waals surface area contributed by atoms with Gasteiger partial charge in [-0.2, -0.15) is 0 Å². The molecule has 0 saturated heterocycles. The van der Waals surface area contributed by atoms with Gasteiger partial charge in [-0.1, -0.05) is 26.7 Å². The van der Waals surface area contributed by atoms with Crippen molar-refractivity contribution >= 4 is 11.9 Å². The third-order valence-electron chi connectivity index (χ3n) is 4.79. The van der Waals surface area contributed by atoms with Crippen molar-refractivity contribution in [3.05, 3.63) is 29.8 Å². The molecule has 3 unspecified atom stereocenters. The van der Waals surface area contributed by atoms with Crippen LogP contribution in [0, 0.1) is 11.8 Å². The first-order valence-corrected chi connectivity index (χ1v) is 8.70. The molecule has 1 amide bonds. The van der Waals surface area contributed by atoms with Crippen molar-refractivity contribution in [2.45, 2.75) is 46.1 Å². The number of nitrogens with one attached hydrogen (secondary N) is 1. The molecule has 5 nitrogen and oxygen atoms in total. The van der Waals surface area contributed by atoms with Crippen LogP contribution in [0.4, 0.5) is 0 Å². The van der Waals surface area contributed by atoms with Crippen LogP contribution in [0.15, 0.2) is 24.3 Å². The lowest BCUT2D eigenvalue weighted by atomic mass is 9.78. The van der Waals surface area contributed by atoms with Gasteiger partial charge in [-0.05, 0) is 49.4 Å². The molecule has 3 atom stereocenters. The van der Waals surface area contributed by atoms with Crippen molar-refractivity contribution in [2.24, 2.45) is 11.8 Å². The lowest BCUT2D eigenvalue weighted by Crippen LogP contribution is -2.45. The summed E-state index contributed by atoms with van der Waals surface area (Å²) in [4.78, 5) is 24.0. The van der Waals surface area contributed by atoms with Gasteiger partial charge in [0.1, 0.15) is 5.75 Å². The molecule has 1 N–H and O–H groups in total. The molecule has 1 aliphatic carbocycles. The van der Waals surface area contributed by atoms with E-state index in [2.05, 4.69) is 19.2 Å². The van der Waals surface area contributed by atoms with Crippen LogP contribution in [0.3, 0.4) is 0 Å². The zero-order valence-corrected chi connectivity index (χ0v) is 14.7. The van der Waals surface area contributed by atoms with E-state index < -0.39 is 5.97 Å². The maximum absolute atomic E-state index is 12.0. The molecule has 0 heterocycles. The summed E-state index contributed by atoms with van der Waals surface area (Å²) in [5.74, 6) is 1.02. The molecule has 2 rings (SSSR count). The number of rotatable bonds is 6. The standard InChI is InChI=1S/C19H27NO4/c1-4-23-16-10-8-15(9-11-16)19(22)24-12-18(21)20-17-7-5-6-13(2)14(17)3/h8-11,13-14,17H,4-7,12H2,1-3H3,(H,20,21). The average molecular weight is 333 g/mol. The molecule has 0 spiro atoms. The summed E-state index contributed by atoms with van der Waals surface area (Å²) in [5, 5.41) is 3.00. The van der Waals surface area contributed by atoms with Crippen LogP contribution in [0.5, 0.6) is 5.75 Å². The highest BCUT2D eigenvalue weighted by molar-refractivity contribution is 5.91. The monoisotopic (exact) mass is 333 g/mol. The highest BCUT2D eigenvalue weighted by atomic mass is 16.5.